The summed E-state index contributed by atoms with van der Waals surface area (Å²) in [4.78, 5) is 4.98. The number of hydrogen-bond acceptors (Lipinski definition) is 4. The van der Waals surface area contributed by atoms with Gasteiger partial charge in [0.2, 0.25) is 0 Å². The second kappa shape index (κ2) is 6.51. The molecule has 1 heterocycles. The lowest BCUT2D eigenvalue weighted by Crippen LogP contribution is -2.25. The number of fused-ring (bicyclic) bond motifs is 1. The van der Waals surface area contributed by atoms with E-state index in [2.05, 4.69) is 11.1 Å². The number of allylic oxidation sites excluding steroid dienone is 1. The highest BCUT2D eigenvalue weighted by atomic mass is 32.1. The molecule has 3 rings (SSSR count). The van der Waals surface area contributed by atoms with Crippen molar-refractivity contribution in [1.29, 1.82) is 5.26 Å². The first-order valence-electron chi connectivity index (χ1n) is 7.66. The van der Waals surface area contributed by atoms with E-state index in [1.807, 2.05) is 18.2 Å². The van der Waals surface area contributed by atoms with Crippen LogP contribution in [-0.2, 0) is 0 Å². The van der Waals surface area contributed by atoms with Crippen LogP contribution < -0.4 is 9.47 Å². The van der Waals surface area contributed by atoms with Crippen molar-refractivity contribution in [2.45, 2.75) is 25.7 Å². The van der Waals surface area contributed by atoms with E-state index in [0.717, 1.165) is 59.6 Å². The van der Waals surface area contributed by atoms with Crippen molar-refractivity contribution in [2.24, 2.45) is 10.9 Å². The van der Waals surface area contributed by atoms with Crippen LogP contribution in [0.4, 0.5) is 0 Å². The molecule has 1 atom stereocenters. The minimum atomic E-state index is -0.511. The number of benzene rings is 1. The van der Waals surface area contributed by atoms with Gasteiger partial charge in [-0.25, -0.2) is 4.99 Å². The highest BCUT2D eigenvalue weighted by Crippen LogP contribution is 2.42. The number of ether oxygens (including phenoxy) is 2. The van der Waals surface area contributed by atoms with E-state index < -0.39 is 5.92 Å². The van der Waals surface area contributed by atoms with Crippen LogP contribution in [0.2, 0.25) is 0 Å². The number of nitrogens with zero attached hydrogens (tertiary/aromatic N) is 2. The average Bonchev–Trinajstić information content (AvgIpc) is 2.59. The highest BCUT2D eigenvalue weighted by Gasteiger charge is 2.33. The van der Waals surface area contributed by atoms with E-state index in [1.165, 1.54) is 0 Å². The maximum absolute atomic E-state index is 9.66. The van der Waals surface area contributed by atoms with Gasteiger partial charge in [-0.3, -0.25) is 0 Å². The molecule has 118 valence electrons. The van der Waals surface area contributed by atoms with Crippen molar-refractivity contribution in [3.63, 3.8) is 0 Å². The van der Waals surface area contributed by atoms with Crippen molar-refractivity contribution in [1.82, 2.24) is 0 Å². The van der Waals surface area contributed by atoms with Gasteiger partial charge < -0.3 is 9.47 Å². The zero-order valence-electron chi connectivity index (χ0n) is 13.3. The van der Waals surface area contributed by atoms with Gasteiger partial charge in [0.1, 0.15) is 22.4 Å². The van der Waals surface area contributed by atoms with Gasteiger partial charge in [0.25, 0.3) is 0 Å². The summed E-state index contributed by atoms with van der Waals surface area (Å²) >= 11 is 5.40. The Morgan fingerprint density at radius 3 is 2.70 bits per heavy atom. The Balaban J connectivity index is 2.25. The molecule has 0 aromatic heterocycles. The molecule has 1 saturated carbocycles. The molecule has 0 spiro atoms. The molecule has 5 heteroatoms. The van der Waals surface area contributed by atoms with Crippen LogP contribution in [0.5, 0.6) is 11.5 Å². The van der Waals surface area contributed by atoms with Crippen LogP contribution in [0.25, 0.3) is 5.57 Å². The van der Waals surface area contributed by atoms with Gasteiger partial charge in [-0.05, 0) is 55.0 Å². The fourth-order valence-electron chi connectivity index (χ4n) is 3.26. The Morgan fingerprint density at radius 1 is 1.22 bits per heavy atom. The lowest BCUT2D eigenvalue weighted by molar-refractivity contribution is 0.402. The SMILES string of the molecule is COc1ccc(OC)c(C2=C3CCCCC3=NC(=S)[C@@H]2C#N)c1. The predicted octanol–water partition coefficient (Wildman–Crippen LogP) is 3.95. The topological polar surface area (TPSA) is 54.6 Å². The Bertz CT molecular complexity index is 759. The van der Waals surface area contributed by atoms with Crippen molar-refractivity contribution in [2.75, 3.05) is 14.2 Å². The van der Waals surface area contributed by atoms with Crippen LogP contribution in [0.3, 0.4) is 0 Å². The Morgan fingerprint density at radius 2 is 2.00 bits per heavy atom. The number of dihydropyridines is 1. The van der Waals surface area contributed by atoms with E-state index in [0.29, 0.717) is 4.99 Å². The van der Waals surface area contributed by atoms with Crippen molar-refractivity contribution in [3.8, 4) is 17.6 Å². The summed E-state index contributed by atoms with van der Waals surface area (Å²) in [5, 5.41) is 9.66. The predicted molar refractivity (Wildman–Crippen MR) is 94.1 cm³/mol. The summed E-state index contributed by atoms with van der Waals surface area (Å²) in [6.07, 6.45) is 4.07. The molecule has 1 aliphatic carbocycles. The zero-order valence-corrected chi connectivity index (χ0v) is 14.1. The van der Waals surface area contributed by atoms with Gasteiger partial charge in [0.05, 0.1) is 20.3 Å². The van der Waals surface area contributed by atoms with Gasteiger partial charge in [-0.15, -0.1) is 0 Å². The number of thiocarbonyl (C=S) groups is 1. The first kappa shape index (κ1) is 15.7. The van der Waals surface area contributed by atoms with Crippen LogP contribution >= 0.6 is 12.2 Å². The molecule has 0 unspecified atom stereocenters. The molecular weight excluding hydrogens is 308 g/mol. The molecule has 0 bridgehead atoms. The molecular formula is C18H18N2O2S. The number of aliphatic imine (C=N–C) groups is 1. The second-order valence-electron chi connectivity index (χ2n) is 5.62. The third kappa shape index (κ3) is 2.75. The van der Waals surface area contributed by atoms with E-state index in [4.69, 9.17) is 21.7 Å². The van der Waals surface area contributed by atoms with E-state index in [9.17, 15) is 5.26 Å². The fraction of sp³-hybridized carbons (Fsp3) is 0.389. The number of hydrogen-bond donors (Lipinski definition) is 0. The lowest BCUT2D eigenvalue weighted by atomic mass is 9.79. The molecule has 0 amide bonds. The monoisotopic (exact) mass is 326 g/mol. The van der Waals surface area contributed by atoms with Gasteiger partial charge in [-0.1, -0.05) is 12.2 Å². The van der Waals surface area contributed by atoms with Crippen LogP contribution in [0, 0.1) is 17.2 Å². The molecule has 1 aromatic rings. The third-order valence-electron chi connectivity index (χ3n) is 4.37. The molecule has 0 saturated heterocycles. The lowest BCUT2D eigenvalue weighted by Gasteiger charge is -2.29. The van der Waals surface area contributed by atoms with Gasteiger partial charge >= 0.3 is 0 Å². The molecule has 1 aliphatic heterocycles. The van der Waals surface area contributed by atoms with Crippen molar-refractivity contribution >= 4 is 28.5 Å². The summed E-state index contributed by atoms with van der Waals surface area (Å²) in [5.74, 6) is 0.947. The standard InChI is InChI=1S/C18H18N2O2S/c1-21-11-7-8-16(22-2)13(9-11)17-12-5-3-4-6-15(12)20-18(23)14(17)10-19/h7-9,14H,3-6H2,1-2H3/t14-/m1/s1. The van der Waals surface area contributed by atoms with Crippen molar-refractivity contribution < 1.29 is 9.47 Å². The summed E-state index contributed by atoms with van der Waals surface area (Å²) in [5.41, 5.74) is 4.01. The molecule has 4 nitrogen and oxygen atoms in total. The maximum Gasteiger partial charge on any atom is 0.126 e. The van der Waals surface area contributed by atoms with Crippen LogP contribution in [0.15, 0.2) is 28.8 Å². The molecule has 1 aromatic carbocycles. The Labute approximate surface area is 141 Å². The number of methoxy groups -OCH3 is 2. The first-order valence-corrected chi connectivity index (χ1v) is 8.07. The minimum absolute atomic E-state index is 0.452. The summed E-state index contributed by atoms with van der Waals surface area (Å²) in [6, 6.07) is 7.97. The summed E-state index contributed by atoms with van der Waals surface area (Å²) < 4.78 is 10.9. The first-order chi connectivity index (χ1) is 11.2. The van der Waals surface area contributed by atoms with Gasteiger partial charge in [0.15, 0.2) is 0 Å². The zero-order chi connectivity index (χ0) is 16.4. The van der Waals surface area contributed by atoms with E-state index in [-0.39, 0.29) is 0 Å². The number of rotatable bonds is 3. The average molecular weight is 326 g/mol. The molecule has 0 radical (unpaired) electrons. The van der Waals surface area contributed by atoms with E-state index >= 15 is 0 Å². The summed E-state index contributed by atoms with van der Waals surface area (Å²) in [7, 11) is 3.26. The number of nitriles is 1. The van der Waals surface area contributed by atoms with Crippen LogP contribution in [-0.4, -0.2) is 24.9 Å². The smallest absolute Gasteiger partial charge is 0.126 e. The quantitative estimate of drug-likeness (QED) is 0.789. The fourth-order valence-corrected chi connectivity index (χ4v) is 3.54. The Kier molecular flexibility index (Phi) is 4.44. The summed E-state index contributed by atoms with van der Waals surface area (Å²) in [6.45, 7) is 0. The molecule has 2 aliphatic rings. The van der Waals surface area contributed by atoms with Gasteiger partial charge in [0, 0.05) is 11.3 Å². The third-order valence-corrected chi connectivity index (χ3v) is 4.70. The van der Waals surface area contributed by atoms with E-state index in [1.54, 1.807) is 14.2 Å². The van der Waals surface area contributed by atoms with Crippen LogP contribution in [0.1, 0.15) is 31.2 Å². The molecule has 0 N–H and O–H groups in total. The Hall–Kier alpha value is -2.19. The minimum Gasteiger partial charge on any atom is -0.497 e. The normalized spacial score (nSPS) is 20.5. The van der Waals surface area contributed by atoms with Crippen molar-refractivity contribution in [3.05, 3.63) is 29.3 Å². The maximum atomic E-state index is 9.66. The second-order valence-corrected chi connectivity index (χ2v) is 6.04. The highest BCUT2D eigenvalue weighted by molar-refractivity contribution is 7.80. The largest absolute Gasteiger partial charge is 0.497 e. The molecule has 1 fully saturated rings. The molecule has 23 heavy (non-hydrogen) atoms. The van der Waals surface area contributed by atoms with Gasteiger partial charge in [-0.2, -0.15) is 5.26 Å².